The van der Waals surface area contributed by atoms with Crippen LogP contribution in [0.1, 0.15) is 30.6 Å². The highest BCUT2D eigenvalue weighted by atomic mass is 16.1. The van der Waals surface area contributed by atoms with Crippen LogP contribution in [0.25, 0.3) is 0 Å². The topological polar surface area (TPSA) is 43.1 Å². The molecule has 0 radical (unpaired) electrons. The molecule has 70 valence electrons. The van der Waals surface area contributed by atoms with Crippen LogP contribution in [0.15, 0.2) is 24.3 Å². The van der Waals surface area contributed by atoms with Gasteiger partial charge in [-0.05, 0) is 18.6 Å². The van der Waals surface area contributed by atoms with Gasteiger partial charge in [0.05, 0.1) is 0 Å². The van der Waals surface area contributed by atoms with Gasteiger partial charge >= 0.3 is 0 Å². The fourth-order valence-electron chi connectivity index (χ4n) is 1.17. The molecule has 0 aliphatic carbocycles. The molecule has 2 nitrogen and oxygen atoms in total. The molecule has 2 N–H and O–H groups in total. The van der Waals surface area contributed by atoms with Gasteiger partial charge in [0.2, 0.25) is 0 Å². The van der Waals surface area contributed by atoms with Crippen molar-refractivity contribution >= 4 is 11.5 Å². The molecule has 0 saturated carbocycles. The predicted octanol–water partition coefficient (Wildman–Crippen LogP) is 2.50. The lowest BCUT2D eigenvalue weighted by Crippen LogP contribution is -2.12. The summed E-state index contributed by atoms with van der Waals surface area (Å²) in [6.45, 7) is 3.93. The van der Waals surface area contributed by atoms with E-state index < -0.39 is 0 Å². The van der Waals surface area contributed by atoms with Gasteiger partial charge in [-0.1, -0.05) is 26.0 Å². The van der Waals surface area contributed by atoms with Crippen LogP contribution in [0, 0.1) is 5.92 Å². The first-order valence-electron chi connectivity index (χ1n) is 4.55. The largest absolute Gasteiger partial charge is 0.398 e. The van der Waals surface area contributed by atoms with E-state index in [9.17, 15) is 4.79 Å². The molecule has 0 aliphatic rings. The van der Waals surface area contributed by atoms with Crippen LogP contribution in [0.3, 0.4) is 0 Å². The molecular formula is C11H15NO. The van der Waals surface area contributed by atoms with Crippen LogP contribution in [0.2, 0.25) is 0 Å². The minimum Gasteiger partial charge on any atom is -0.398 e. The maximum atomic E-state index is 11.7. The third-order valence-corrected chi connectivity index (χ3v) is 2.29. The van der Waals surface area contributed by atoms with Gasteiger partial charge in [0, 0.05) is 17.2 Å². The highest BCUT2D eigenvalue weighted by Gasteiger charge is 2.14. The lowest BCUT2D eigenvalue weighted by Gasteiger charge is -2.08. The van der Waals surface area contributed by atoms with Gasteiger partial charge in [-0.2, -0.15) is 0 Å². The number of nitrogens with two attached hydrogens (primary N) is 1. The van der Waals surface area contributed by atoms with E-state index >= 15 is 0 Å². The molecule has 2 heteroatoms. The normalized spacial score (nSPS) is 12.5. The summed E-state index contributed by atoms with van der Waals surface area (Å²) in [7, 11) is 0. The second-order valence-corrected chi connectivity index (χ2v) is 3.26. The zero-order valence-electron chi connectivity index (χ0n) is 8.08. The van der Waals surface area contributed by atoms with Crippen molar-refractivity contribution in [3.63, 3.8) is 0 Å². The Kier molecular flexibility index (Phi) is 3.07. The molecule has 0 spiro atoms. The van der Waals surface area contributed by atoms with Gasteiger partial charge in [-0.3, -0.25) is 4.79 Å². The number of hydrogen-bond donors (Lipinski definition) is 1. The van der Waals surface area contributed by atoms with Crippen molar-refractivity contribution in [2.75, 3.05) is 5.73 Å². The van der Waals surface area contributed by atoms with E-state index in [0.717, 1.165) is 6.42 Å². The van der Waals surface area contributed by atoms with Crippen molar-refractivity contribution in [2.45, 2.75) is 20.3 Å². The first kappa shape index (κ1) is 9.78. The van der Waals surface area contributed by atoms with E-state index in [1.54, 1.807) is 12.1 Å². The molecular weight excluding hydrogens is 162 g/mol. The molecule has 1 atom stereocenters. The number of ketones is 1. The summed E-state index contributed by atoms with van der Waals surface area (Å²) in [5, 5.41) is 0. The SMILES string of the molecule is CCC(C)C(=O)c1ccccc1N. The summed E-state index contributed by atoms with van der Waals surface area (Å²) in [5.41, 5.74) is 6.92. The van der Waals surface area contributed by atoms with Crippen molar-refractivity contribution in [3.05, 3.63) is 29.8 Å². The molecule has 1 rings (SSSR count). The summed E-state index contributed by atoms with van der Waals surface area (Å²) in [6, 6.07) is 7.22. The van der Waals surface area contributed by atoms with Gasteiger partial charge in [0.1, 0.15) is 0 Å². The third-order valence-electron chi connectivity index (χ3n) is 2.29. The van der Waals surface area contributed by atoms with E-state index in [1.165, 1.54) is 0 Å². The van der Waals surface area contributed by atoms with Crippen molar-refractivity contribution in [1.82, 2.24) is 0 Å². The number of anilines is 1. The first-order chi connectivity index (χ1) is 6.16. The minimum atomic E-state index is 0.0599. The van der Waals surface area contributed by atoms with Crippen LogP contribution in [0.5, 0.6) is 0 Å². The van der Waals surface area contributed by atoms with Crippen LogP contribution in [-0.4, -0.2) is 5.78 Å². The number of carbonyl (C=O) groups excluding carboxylic acids is 1. The number of Topliss-reactive ketones (excluding diaryl/α,β-unsaturated/α-hetero) is 1. The molecule has 1 unspecified atom stereocenters. The molecule has 0 aliphatic heterocycles. The zero-order chi connectivity index (χ0) is 9.84. The van der Waals surface area contributed by atoms with E-state index in [4.69, 9.17) is 5.73 Å². The van der Waals surface area contributed by atoms with Gasteiger partial charge in [-0.25, -0.2) is 0 Å². The Labute approximate surface area is 78.8 Å². The van der Waals surface area contributed by atoms with Crippen LogP contribution >= 0.6 is 0 Å². The van der Waals surface area contributed by atoms with E-state index in [2.05, 4.69) is 0 Å². The molecule has 1 aromatic rings. The van der Waals surface area contributed by atoms with Crippen LogP contribution < -0.4 is 5.73 Å². The number of carbonyl (C=O) groups is 1. The lowest BCUT2D eigenvalue weighted by molar-refractivity contribution is 0.0928. The van der Waals surface area contributed by atoms with Crippen molar-refractivity contribution in [1.29, 1.82) is 0 Å². The van der Waals surface area contributed by atoms with Gasteiger partial charge in [0.15, 0.2) is 5.78 Å². The smallest absolute Gasteiger partial charge is 0.167 e. The highest BCUT2D eigenvalue weighted by Crippen LogP contribution is 2.17. The number of rotatable bonds is 3. The van der Waals surface area contributed by atoms with Crippen LogP contribution in [0.4, 0.5) is 5.69 Å². The lowest BCUT2D eigenvalue weighted by atomic mass is 9.96. The standard InChI is InChI=1S/C11H15NO/c1-3-8(2)11(13)9-6-4-5-7-10(9)12/h4-8H,3,12H2,1-2H3. The molecule has 0 amide bonds. The quantitative estimate of drug-likeness (QED) is 0.569. The monoisotopic (exact) mass is 177 g/mol. The molecule has 13 heavy (non-hydrogen) atoms. The van der Waals surface area contributed by atoms with Gasteiger partial charge in [-0.15, -0.1) is 0 Å². The fraction of sp³-hybridized carbons (Fsp3) is 0.364. The average molecular weight is 177 g/mol. The molecule has 1 aromatic carbocycles. The summed E-state index contributed by atoms with van der Waals surface area (Å²) in [6.07, 6.45) is 0.854. The summed E-state index contributed by atoms with van der Waals surface area (Å²) in [5.74, 6) is 0.199. The molecule has 0 bridgehead atoms. The summed E-state index contributed by atoms with van der Waals surface area (Å²) >= 11 is 0. The Morgan fingerprint density at radius 2 is 2.08 bits per heavy atom. The Balaban J connectivity index is 2.95. The average Bonchev–Trinajstić information content (AvgIpc) is 2.16. The van der Waals surface area contributed by atoms with Gasteiger partial charge < -0.3 is 5.73 Å². The summed E-state index contributed by atoms with van der Waals surface area (Å²) < 4.78 is 0. The van der Waals surface area contributed by atoms with Crippen molar-refractivity contribution in [3.8, 4) is 0 Å². The van der Waals surface area contributed by atoms with E-state index in [0.29, 0.717) is 11.3 Å². The molecule has 0 fully saturated rings. The Morgan fingerprint density at radius 1 is 1.46 bits per heavy atom. The van der Waals surface area contributed by atoms with Crippen LogP contribution in [-0.2, 0) is 0 Å². The third kappa shape index (κ3) is 2.08. The Bertz CT molecular complexity index is 307. The zero-order valence-corrected chi connectivity index (χ0v) is 8.08. The minimum absolute atomic E-state index is 0.0599. The Morgan fingerprint density at radius 3 is 2.62 bits per heavy atom. The number of benzene rings is 1. The first-order valence-corrected chi connectivity index (χ1v) is 4.55. The maximum Gasteiger partial charge on any atom is 0.167 e. The van der Waals surface area contributed by atoms with E-state index in [1.807, 2.05) is 26.0 Å². The fourth-order valence-corrected chi connectivity index (χ4v) is 1.17. The number of hydrogen-bond acceptors (Lipinski definition) is 2. The van der Waals surface area contributed by atoms with E-state index in [-0.39, 0.29) is 11.7 Å². The predicted molar refractivity (Wildman–Crippen MR) is 54.6 cm³/mol. The maximum absolute atomic E-state index is 11.7. The highest BCUT2D eigenvalue weighted by molar-refractivity contribution is 6.01. The van der Waals surface area contributed by atoms with Crippen molar-refractivity contribution < 1.29 is 4.79 Å². The molecule has 0 heterocycles. The second kappa shape index (κ2) is 4.08. The number of para-hydroxylation sites is 1. The van der Waals surface area contributed by atoms with Crippen molar-refractivity contribution in [2.24, 2.45) is 5.92 Å². The number of nitrogen functional groups attached to an aromatic ring is 1. The Hall–Kier alpha value is -1.31. The van der Waals surface area contributed by atoms with Gasteiger partial charge in [0.25, 0.3) is 0 Å². The molecule has 0 saturated heterocycles. The second-order valence-electron chi connectivity index (χ2n) is 3.26. The summed E-state index contributed by atoms with van der Waals surface area (Å²) in [4.78, 5) is 11.7. The molecule has 0 aromatic heterocycles.